The van der Waals surface area contributed by atoms with Crippen LogP contribution in [0.3, 0.4) is 0 Å². The Balaban J connectivity index is 2.45. The molecule has 0 heterocycles. The monoisotopic (exact) mass is 262 g/mol. The maximum Gasteiger partial charge on any atom is 0.121 e. The Morgan fingerprint density at radius 3 is 2.44 bits per heavy atom. The molecular weight excluding hydrogens is 243 g/mol. The lowest BCUT2D eigenvalue weighted by atomic mass is 9.86. The summed E-state index contributed by atoms with van der Waals surface area (Å²) in [7, 11) is 4.22. The van der Waals surface area contributed by atoms with Gasteiger partial charge < -0.3 is 9.47 Å². The van der Waals surface area contributed by atoms with E-state index in [-0.39, 0.29) is 5.60 Å². The third kappa shape index (κ3) is 2.23. The van der Waals surface area contributed by atoms with Crippen molar-refractivity contribution in [3.05, 3.63) is 59.9 Å². The zero-order valence-electron chi connectivity index (χ0n) is 11.0. The summed E-state index contributed by atoms with van der Waals surface area (Å²) in [6.07, 6.45) is 6.27. The Kier molecular flexibility index (Phi) is 4.21. The van der Waals surface area contributed by atoms with E-state index in [0.29, 0.717) is 5.66 Å². The Hall–Kier alpha value is -1.11. The lowest BCUT2D eigenvalue weighted by Gasteiger charge is -2.38. The van der Waals surface area contributed by atoms with E-state index < -0.39 is 0 Å². The molecular formula is C15H19O2P. The van der Waals surface area contributed by atoms with Crippen LogP contribution in [0.25, 0.3) is 0 Å². The van der Waals surface area contributed by atoms with Crippen molar-refractivity contribution in [2.24, 2.45) is 0 Å². The topological polar surface area (TPSA) is 18.5 Å². The fourth-order valence-electron chi connectivity index (χ4n) is 2.37. The first-order valence-electron chi connectivity index (χ1n) is 6.00. The second-order valence-electron chi connectivity index (χ2n) is 4.24. The van der Waals surface area contributed by atoms with Gasteiger partial charge in [-0.2, -0.15) is 0 Å². The summed E-state index contributed by atoms with van der Waals surface area (Å²) in [4.78, 5) is 0. The molecule has 1 aromatic carbocycles. The Bertz CT molecular complexity index is 453. The van der Waals surface area contributed by atoms with Crippen LogP contribution >= 0.6 is 8.58 Å². The highest BCUT2D eigenvalue weighted by molar-refractivity contribution is 7.38. The molecule has 0 aromatic heterocycles. The number of hydrogen-bond donors (Lipinski definition) is 0. The van der Waals surface area contributed by atoms with Crippen LogP contribution in [0.4, 0.5) is 0 Å². The first-order chi connectivity index (χ1) is 8.76. The molecule has 0 bridgehead atoms. The van der Waals surface area contributed by atoms with Crippen molar-refractivity contribution in [1.82, 2.24) is 0 Å². The molecule has 3 heteroatoms. The van der Waals surface area contributed by atoms with E-state index >= 15 is 0 Å². The molecule has 0 N–H and O–H groups in total. The highest BCUT2D eigenvalue weighted by atomic mass is 31.1. The van der Waals surface area contributed by atoms with Crippen molar-refractivity contribution in [1.29, 1.82) is 0 Å². The molecule has 96 valence electrons. The molecule has 1 aromatic rings. The second-order valence-corrected chi connectivity index (χ2v) is 5.44. The van der Waals surface area contributed by atoms with Crippen LogP contribution < -0.4 is 0 Å². The Morgan fingerprint density at radius 1 is 1.17 bits per heavy atom. The minimum Gasteiger partial charge on any atom is -0.497 e. The maximum atomic E-state index is 5.88. The number of hydrogen-bond acceptors (Lipinski definition) is 2. The molecule has 2 rings (SSSR count). The smallest absolute Gasteiger partial charge is 0.121 e. The molecule has 18 heavy (non-hydrogen) atoms. The lowest BCUT2D eigenvalue weighted by molar-refractivity contribution is 0.0329. The molecule has 0 aliphatic heterocycles. The van der Waals surface area contributed by atoms with Gasteiger partial charge in [0.25, 0.3) is 0 Å². The van der Waals surface area contributed by atoms with E-state index in [1.807, 2.05) is 12.1 Å². The zero-order chi connectivity index (χ0) is 13.0. The van der Waals surface area contributed by atoms with E-state index in [0.717, 1.165) is 14.3 Å². The number of methoxy groups -OCH3 is 2. The predicted molar refractivity (Wildman–Crippen MR) is 77.4 cm³/mol. The summed E-state index contributed by atoms with van der Waals surface area (Å²) in [5, 5.41) is 0. The molecule has 0 amide bonds. The lowest BCUT2D eigenvalue weighted by Crippen LogP contribution is -2.37. The average Bonchev–Trinajstić information content (AvgIpc) is 2.47. The third-order valence-corrected chi connectivity index (χ3v) is 4.62. The van der Waals surface area contributed by atoms with E-state index in [1.54, 1.807) is 14.2 Å². The van der Waals surface area contributed by atoms with Gasteiger partial charge in [0.15, 0.2) is 0 Å². The number of allylic oxidation sites excluding steroid dienone is 1. The summed E-state index contributed by atoms with van der Waals surface area (Å²) in [6, 6.07) is 10.4. The van der Waals surface area contributed by atoms with Gasteiger partial charge in [-0.1, -0.05) is 30.3 Å². The van der Waals surface area contributed by atoms with E-state index in [1.165, 1.54) is 5.56 Å². The largest absolute Gasteiger partial charge is 0.497 e. The van der Waals surface area contributed by atoms with Crippen LogP contribution in [-0.4, -0.2) is 26.5 Å². The number of rotatable bonds is 4. The Labute approximate surface area is 110 Å². The molecule has 0 saturated carbocycles. The van der Waals surface area contributed by atoms with Gasteiger partial charge in [0.2, 0.25) is 0 Å². The summed E-state index contributed by atoms with van der Waals surface area (Å²) in [5.41, 5.74) is 1.13. The quantitative estimate of drug-likeness (QED) is 0.775. The molecule has 0 saturated heterocycles. The molecule has 0 fully saturated rings. The standard InChI is InChI=1S/C15H19O2P/c1-16-13-9-10-15(17-2,14(11-13)18-3)12-7-5-4-6-8-12/h4-11,14,18H,1-3H3. The van der Waals surface area contributed by atoms with Crippen LogP contribution in [-0.2, 0) is 15.1 Å². The molecule has 0 radical (unpaired) electrons. The minimum absolute atomic E-state index is 0.310. The normalized spacial score (nSPS) is 27.5. The van der Waals surface area contributed by atoms with E-state index in [2.05, 4.69) is 43.1 Å². The van der Waals surface area contributed by atoms with Crippen molar-refractivity contribution < 1.29 is 9.47 Å². The molecule has 3 unspecified atom stereocenters. The molecule has 1 aliphatic rings. The number of ether oxygens (including phenoxy) is 2. The SMILES string of the molecule is COC1=CC(PC)C(OC)(c2ccccc2)C=C1. The number of benzene rings is 1. The second kappa shape index (κ2) is 5.69. The van der Waals surface area contributed by atoms with Gasteiger partial charge in [0, 0.05) is 12.8 Å². The van der Waals surface area contributed by atoms with Crippen molar-refractivity contribution in [3.63, 3.8) is 0 Å². The first-order valence-corrected chi connectivity index (χ1v) is 7.57. The van der Waals surface area contributed by atoms with Crippen LogP contribution in [0.1, 0.15) is 5.56 Å². The van der Waals surface area contributed by atoms with Gasteiger partial charge >= 0.3 is 0 Å². The molecule has 3 atom stereocenters. The summed E-state index contributed by atoms with van der Waals surface area (Å²) >= 11 is 0. The van der Waals surface area contributed by atoms with Crippen molar-refractivity contribution >= 4 is 8.58 Å². The van der Waals surface area contributed by atoms with E-state index in [9.17, 15) is 0 Å². The first kappa shape index (κ1) is 13.3. The van der Waals surface area contributed by atoms with Crippen LogP contribution in [0, 0.1) is 0 Å². The van der Waals surface area contributed by atoms with Gasteiger partial charge in [-0.05, 0) is 30.5 Å². The minimum atomic E-state index is -0.365. The van der Waals surface area contributed by atoms with Gasteiger partial charge in [0.05, 0.1) is 7.11 Å². The maximum absolute atomic E-state index is 5.88. The van der Waals surface area contributed by atoms with Crippen molar-refractivity contribution in [3.8, 4) is 0 Å². The van der Waals surface area contributed by atoms with Gasteiger partial charge in [-0.15, -0.1) is 8.58 Å². The van der Waals surface area contributed by atoms with Crippen molar-refractivity contribution in [2.75, 3.05) is 20.9 Å². The fourth-order valence-corrected chi connectivity index (χ4v) is 3.51. The van der Waals surface area contributed by atoms with Crippen LogP contribution in [0.15, 0.2) is 54.3 Å². The van der Waals surface area contributed by atoms with Gasteiger partial charge in [0.1, 0.15) is 11.4 Å². The highest BCUT2D eigenvalue weighted by Crippen LogP contribution is 2.42. The predicted octanol–water partition coefficient (Wildman–Crippen LogP) is 3.31. The van der Waals surface area contributed by atoms with Gasteiger partial charge in [-0.25, -0.2) is 0 Å². The van der Waals surface area contributed by atoms with Crippen molar-refractivity contribution in [2.45, 2.75) is 11.3 Å². The van der Waals surface area contributed by atoms with Crippen LogP contribution in [0.5, 0.6) is 0 Å². The van der Waals surface area contributed by atoms with E-state index in [4.69, 9.17) is 9.47 Å². The molecule has 1 aliphatic carbocycles. The Morgan fingerprint density at radius 2 is 1.89 bits per heavy atom. The van der Waals surface area contributed by atoms with Crippen LogP contribution in [0.2, 0.25) is 0 Å². The summed E-state index contributed by atoms with van der Waals surface area (Å²) < 4.78 is 11.2. The fraction of sp³-hybridized carbons (Fsp3) is 0.333. The summed E-state index contributed by atoms with van der Waals surface area (Å²) in [5.74, 6) is 0.915. The molecule has 0 spiro atoms. The highest BCUT2D eigenvalue weighted by Gasteiger charge is 2.38. The van der Waals surface area contributed by atoms with Gasteiger partial charge in [-0.3, -0.25) is 0 Å². The average molecular weight is 262 g/mol. The molecule has 2 nitrogen and oxygen atoms in total. The third-order valence-electron chi connectivity index (χ3n) is 3.40. The zero-order valence-corrected chi connectivity index (χ0v) is 12.0. The summed E-state index contributed by atoms with van der Waals surface area (Å²) in [6.45, 7) is 2.20.